The van der Waals surface area contributed by atoms with Crippen molar-refractivity contribution < 1.29 is 9.78 Å². The maximum Gasteiger partial charge on any atom is 0.191 e. The van der Waals surface area contributed by atoms with E-state index in [1.807, 2.05) is 0 Å². The molecule has 0 fully saturated rings. The van der Waals surface area contributed by atoms with E-state index in [1.165, 1.54) is 33.4 Å². The zero-order valence-corrected chi connectivity index (χ0v) is 28.6. The predicted molar refractivity (Wildman–Crippen MR) is 212 cm³/mol. The van der Waals surface area contributed by atoms with E-state index in [0.717, 1.165) is 80.0 Å². The van der Waals surface area contributed by atoms with Gasteiger partial charge in [0.05, 0.1) is 0 Å². The summed E-state index contributed by atoms with van der Waals surface area (Å²) >= 11 is 0. The van der Waals surface area contributed by atoms with Crippen molar-refractivity contribution in [1.82, 2.24) is 0 Å². The Morgan fingerprint density at radius 2 is 0.615 bits per heavy atom. The molecule has 0 N–H and O–H groups in total. The molecule has 2 aliphatic carbocycles. The predicted octanol–water partition coefficient (Wildman–Crippen LogP) is 12.9. The molecule has 0 amide bonds. The van der Waals surface area contributed by atoms with Crippen LogP contribution in [0.25, 0.3) is 66.8 Å². The average molecular weight is 667 g/mol. The minimum absolute atomic E-state index is 0.757. The molecule has 10 rings (SSSR count). The van der Waals surface area contributed by atoms with Crippen LogP contribution in [0.5, 0.6) is 11.5 Å². The summed E-state index contributed by atoms with van der Waals surface area (Å²) in [5.74, 6) is 1.51. The minimum Gasteiger partial charge on any atom is -0.289 e. The molecule has 0 saturated carbocycles. The van der Waals surface area contributed by atoms with Crippen LogP contribution in [0.2, 0.25) is 0 Å². The Morgan fingerprint density at radius 1 is 0.288 bits per heavy atom. The highest BCUT2D eigenvalue weighted by molar-refractivity contribution is 5.97. The molecular weight excluding hydrogens is 633 g/mol. The van der Waals surface area contributed by atoms with Gasteiger partial charge in [-0.2, -0.15) is 0 Å². The first-order valence-electron chi connectivity index (χ1n) is 17.9. The van der Waals surface area contributed by atoms with Crippen molar-refractivity contribution in [3.8, 4) is 78.3 Å². The highest BCUT2D eigenvalue weighted by Gasteiger charge is 2.32. The maximum atomic E-state index is 6.99. The van der Waals surface area contributed by atoms with Gasteiger partial charge in [-0.15, -0.1) is 0 Å². The minimum atomic E-state index is 0.757. The van der Waals surface area contributed by atoms with Gasteiger partial charge in [0, 0.05) is 35.1 Å². The highest BCUT2D eigenvalue weighted by atomic mass is 17.2. The fraction of sp³-hybridized carbons (Fsp3) is 0.0400. The number of rotatable bonds is 7. The van der Waals surface area contributed by atoms with Crippen LogP contribution in [0.3, 0.4) is 0 Å². The summed E-state index contributed by atoms with van der Waals surface area (Å²) in [5, 5.41) is 0. The van der Waals surface area contributed by atoms with E-state index in [4.69, 9.17) is 9.78 Å². The van der Waals surface area contributed by atoms with E-state index in [1.54, 1.807) is 0 Å². The Morgan fingerprint density at radius 3 is 1.00 bits per heavy atom. The lowest BCUT2D eigenvalue weighted by Gasteiger charge is -2.22. The van der Waals surface area contributed by atoms with Crippen molar-refractivity contribution >= 4 is 0 Å². The second-order valence-electron chi connectivity index (χ2n) is 13.6. The van der Waals surface area contributed by atoms with Crippen LogP contribution in [0.4, 0.5) is 0 Å². The van der Waals surface area contributed by atoms with Gasteiger partial charge in [-0.05, 0) is 78.9 Å². The molecule has 246 valence electrons. The van der Waals surface area contributed by atoms with Gasteiger partial charge < -0.3 is 0 Å². The lowest BCUT2D eigenvalue weighted by Crippen LogP contribution is -2.09. The molecule has 8 aromatic carbocycles. The Hall–Kier alpha value is -6.64. The molecule has 0 aliphatic heterocycles. The monoisotopic (exact) mass is 666 g/mol. The summed E-state index contributed by atoms with van der Waals surface area (Å²) in [5.41, 5.74) is 18.4. The number of benzene rings is 8. The molecule has 0 atom stereocenters. The number of fused-ring (bicyclic) bond motifs is 6. The second-order valence-corrected chi connectivity index (χ2v) is 13.6. The van der Waals surface area contributed by atoms with Crippen molar-refractivity contribution in [3.63, 3.8) is 0 Å². The third-order valence-electron chi connectivity index (χ3n) is 10.6. The molecule has 0 heterocycles. The van der Waals surface area contributed by atoms with E-state index in [2.05, 4.69) is 182 Å². The summed E-state index contributed by atoms with van der Waals surface area (Å²) < 4.78 is 0. The van der Waals surface area contributed by atoms with E-state index >= 15 is 0 Å². The normalized spacial score (nSPS) is 12.1. The number of hydrogen-bond acceptors (Lipinski definition) is 2. The highest BCUT2D eigenvalue weighted by Crippen LogP contribution is 2.53. The van der Waals surface area contributed by atoms with E-state index in [-0.39, 0.29) is 0 Å². The maximum absolute atomic E-state index is 6.99. The van der Waals surface area contributed by atoms with Crippen LogP contribution >= 0.6 is 0 Å². The molecule has 0 saturated heterocycles. The fourth-order valence-corrected chi connectivity index (χ4v) is 8.23. The first-order chi connectivity index (χ1) is 25.8. The topological polar surface area (TPSA) is 18.5 Å². The Bertz CT molecular complexity index is 2410. The van der Waals surface area contributed by atoms with Gasteiger partial charge in [-0.3, -0.25) is 9.78 Å². The Labute approximate surface area is 304 Å². The van der Waals surface area contributed by atoms with Crippen molar-refractivity contribution in [2.45, 2.75) is 12.8 Å². The molecule has 8 aromatic rings. The van der Waals surface area contributed by atoms with Crippen molar-refractivity contribution in [3.05, 3.63) is 204 Å². The van der Waals surface area contributed by atoms with Crippen LogP contribution in [-0.2, 0) is 12.8 Å². The number of hydrogen-bond donors (Lipinski definition) is 0. The van der Waals surface area contributed by atoms with Gasteiger partial charge in [0.25, 0.3) is 0 Å². The van der Waals surface area contributed by atoms with Crippen molar-refractivity contribution in [2.75, 3.05) is 0 Å². The first-order valence-corrected chi connectivity index (χ1v) is 17.9. The van der Waals surface area contributed by atoms with Crippen LogP contribution in [-0.4, -0.2) is 0 Å². The van der Waals surface area contributed by atoms with Crippen molar-refractivity contribution in [2.24, 2.45) is 0 Å². The molecule has 2 nitrogen and oxygen atoms in total. The first kappa shape index (κ1) is 30.2. The second kappa shape index (κ2) is 12.6. The fourth-order valence-electron chi connectivity index (χ4n) is 8.23. The summed E-state index contributed by atoms with van der Waals surface area (Å²) in [6.07, 6.45) is 1.52. The largest absolute Gasteiger partial charge is 0.289 e. The van der Waals surface area contributed by atoms with Crippen LogP contribution in [0.1, 0.15) is 22.3 Å². The van der Waals surface area contributed by atoms with Gasteiger partial charge >= 0.3 is 0 Å². The van der Waals surface area contributed by atoms with E-state index in [0.29, 0.717) is 0 Å². The smallest absolute Gasteiger partial charge is 0.191 e. The summed E-state index contributed by atoms with van der Waals surface area (Å²) in [7, 11) is 0. The van der Waals surface area contributed by atoms with E-state index < -0.39 is 0 Å². The lowest BCUT2D eigenvalue weighted by atomic mass is 9.88. The molecule has 2 heteroatoms. The molecule has 0 unspecified atom stereocenters. The Kier molecular flexibility index (Phi) is 7.32. The van der Waals surface area contributed by atoms with Crippen LogP contribution in [0.15, 0.2) is 182 Å². The molecular formula is C50H34O2. The molecule has 2 aliphatic rings. The van der Waals surface area contributed by atoms with E-state index in [9.17, 15) is 0 Å². The van der Waals surface area contributed by atoms with Crippen molar-refractivity contribution in [1.29, 1.82) is 0 Å². The quantitative estimate of drug-likeness (QED) is 0.124. The average Bonchev–Trinajstić information content (AvgIpc) is 3.79. The lowest BCUT2D eigenvalue weighted by molar-refractivity contribution is -0.0999. The molecule has 0 bridgehead atoms. The van der Waals surface area contributed by atoms with Gasteiger partial charge in [-0.25, -0.2) is 0 Å². The van der Waals surface area contributed by atoms with Gasteiger partial charge in [-0.1, -0.05) is 170 Å². The molecule has 0 spiro atoms. The van der Waals surface area contributed by atoms with Crippen LogP contribution < -0.4 is 9.78 Å². The Balaban J connectivity index is 1.23. The van der Waals surface area contributed by atoms with Gasteiger partial charge in [0.1, 0.15) is 0 Å². The SMILES string of the molecule is c1ccc(-c2cc3c(c(OOc4c5c(cc(-c6ccccc6)c4-c4ccccc4)-c4ccccc4C5)c2-c2ccccc2)Cc2ccccc2-3)cc1. The standard InChI is InChI=1S/C50H34O2/c1-5-17-33(18-6-1)41-31-43-39-27-15-13-25-37(39)29-45(43)49(47(41)35-21-9-3-10-22-35)51-52-50-46-30-38-26-14-16-28-40(38)44(46)32-42(34-19-7-2-8-20-34)48(50)36-23-11-4-12-24-36/h1-28,31-32H,29-30H2. The third kappa shape index (κ3) is 5.03. The zero-order chi connectivity index (χ0) is 34.4. The summed E-state index contributed by atoms with van der Waals surface area (Å²) in [4.78, 5) is 14.0. The van der Waals surface area contributed by atoms with Crippen LogP contribution in [0, 0.1) is 0 Å². The molecule has 0 radical (unpaired) electrons. The summed E-state index contributed by atoms with van der Waals surface area (Å²) in [6, 6.07) is 64.6. The molecule has 52 heavy (non-hydrogen) atoms. The molecule has 0 aromatic heterocycles. The van der Waals surface area contributed by atoms with Gasteiger partial charge in [0.15, 0.2) is 11.5 Å². The van der Waals surface area contributed by atoms with Gasteiger partial charge in [0.2, 0.25) is 0 Å². The zero-order valence-electron chi connectivity index (χ0n) is 28.6. The third-order valence-corrected chi connectivity index (χ3v) is 10.6. The summed E-state index contributed by atoms with van der Waals surface area (Å²) in [6.45, 7) is 0.